The second-order valence-electron chi connectivity index (χ2n) is 5.17. The van der Waals surface area contributed by atoms with Gasteiger partial charge in [0.25, 0.3) is 0 Å². The van der Waals surface area contributed by atoms with Crippen LogP contribution >= 0.6 is 15.9 Å². The summed E-state index contributed by atoms with van der Waals surface area (Å²) in [6, 6.07) is 5.17. The molecule has 2 rings (SSSR count). The molecular formula is C14H19BrFNO. The zero-order chi connectivity index (χ0) is 13.2. The van der Waals surface area contributed by atoms with Gasteiger partial charge in [-0.1, -0.05) is 22.0 Å². The Kier molecular flexibility index (Phi) is 4.41. The molecule has 2 atom stereocenters. The fourth-order valence-electron chi connectivity index (χ4n) is 2.31. The van der Waals surface area contributed by atoms with Crippen LogP contribution in [0.4, 0.5) is 4.39 Å². The Balaban J connectivity index is 1.97. The van der Waals surface area contributed by atoms with Crippen molar-refractivity contribution in [1.29, 1.82) is 0 Å². The number of rotatable bonds is 4. The molecule has 2 nitrogen and oxygen atoms in total. The summed E-state index contributed by atoms with van der Waals surface area (Å²) in [4.78, 5) is 0. The summed E-state index contributed by atoms with van der Waals surface area (Å²) in [7, 11) is 0. The van der Waals surface area contributed by atoms with E-state index in [1.165, 1.54) is 6.07 Å². The Morgan fingerprint density at radius 3 is 2.94 bits per heavy atom. The van der Waals surface area contributed by atoms with Gasteiger partial charge in [0.1, 0.15) is 5.82 Å². The van der Waals surface area contributed by atoms with Crippen LogP contribution in [0.25, 0.3) is 0 Å². The van der Waals surface area contributed by atoms with Gasteiger partial charge < -0.3 is 10.1 Å². The third-order valence-corrected chi connectivity index (χ3v) is 4.00. The summed E-state index contributed by atoms with van der Waals surface area (Å²) in [5.41, 5.74) is 0.597. The third-order valence-electron chi connectivity index (χ3n) is 3.51. The number of ether oxygens (including phenoxy) is 1. The molecule has 0 saturated carbocycles. The van der Waals surface area contributed by atoms with Crippen molar-refractivity contribution in [1.82, 2.24) is 5.32 Å². The Labute approximate surface area is 116 Å². The highest BCUT2D eigenvalue weighted by Crippen LogP contribution is 2.26. The summed E-state index contributed by atoms with van der Waals surface area (Å²) in [6.45, 7) is 5.67. The van der Waals surface area contributed by atoms with Gasteiger partial charge in [-0.2, -0.15) is 0 Å². The first kappa shape index (κ1) is 14.0. The van der Waals surface area contributed by atoms with E-state index in [9.17, 15) is 4.39 Å². The van der Waals surface area contributed by atoms with Crippen LogP contribution in [0.1, 0.15) is 38.3 Å². The minimum Gasteiger partial charge on any atom is -0.374 e. The van der Waals surface area contributed by atoms with Crippen molar-refractivity contribution in [2.24, 2.45) is 0 Å². The first-order valence-electron chi connectivity index (χ1n) is 6.32. The zero-order valence-corrected chi connectivity index (χ0v) is 12.4. The van der Waals surface area contributed by atoms with Crippen molar-refractivity contribution in [2.75, 3.05) is 13.2 Å². The highest BCUT2D eigenvalue weighted by Gasteiger charge is 2.30. The molecule has 0 aliphatic carbocycles. The second-order valence-corrected chi connectivity index (χ2v) is 6.09. The van der Waals surface area contributed by atoms with Crippen LogP contribution in [0.5, 0.6) is 0 Å². The molecule has 1 aliphatic heterocycles. The molecule has 4 heteroatoms. The maximum atomic E-state index is 13.8. The molecule has 1 saturated heterocycles. The topological polar surface area (TPSA) is 21.3 Å². The van der Waals surface area contributed by atoms with Gasteiger partial charge in [0.2, 0.25) is 0 Å². The Morgan fingerprint density at radius 1 is 1.56 bits per heavy atom. The van der Waals surface area contributed by atoms with Gasteiger partial charge in [0.15, 0.2) is 0 Å². The molecule has 2 unspecified atom stereocenters. The standard InChI is InChI=1S/C14H19BrFNO/c1-10(12-5-4-11(15)8-13(12)16)17-9-14(2)6-3-7-18-14/h4-5,8,10,17H,3,6-7,9H2,1-2H3. The molecular weight excluding hydrogens is 297 g/mol. The van der Waals surface area contributed by atoms with Crippen LogP contribution in [0, 0.1) is 5.82 Å². The number of benzene rings is 1. The number of nitrogens with one attached hydrogen (secondary N) is 1. The first-order chi connectivity index (χ1) is 8.50. The zero-order valence-electron chi connectivity index (χ0n) is 10.8. The van der Waals surface area contributed by atoms with E-state index in [0.717, 1.165) is 30.5 Å². The minimum atomic E-state index is -0.179. The molecule has 0 spiro atoms. The van der Waals surface area contributed by atoms with Gasteiger partial charge in [0.05, 0.1) is 5.60 Å². The van der Waals surface area contributed by atoms with Gasteiger partial charge in [0, 0.05) is 29.2 Å². The van der Waals surface area contributed by atoms with Crippen LogP contribution in [0.3, 0.4) is 0 Å². The lowest BCUT2D eigenvalue weighted by Gasteiger charge is -2.26. The fourth-order valence-corrected chi connectivity index (χ4v) is 2.64. The van der Waals surface area contributed by atoms with E-state index in [4.69, 9.17) is 4.74 Å². The van der Waals surface area contributed by atoms with Gasteiger partial charge in [-0.15, -0.1) is 0 Å². The van der Waals surface area contributed by atoms with Gasteiger partial charge >= 0.3 is 0 Å². The Morgan fingerprint density at radius 2 is 2.33 bits per heavy atom. The summed E-state index contributed by atoms with van der Waals surface area (Å²) in [6.07, 6.45) is 2.18. The van der Waals surface area contributed by atoms with E-state index < -0.39 is 0 Å². The van der Waals surface area contributed by atoms with E-state index in [-0.39, 0.29) is 17.5 Å². The van der Waals surface area contributed by atoms with Gasteiger partial charge in [-0.25, -0.2) is 4.39 Å². The third kappa shape index (κ3) is 3.31. The normalized spacial score (nSPS) is 25.3. The van der Waals surface area contributed by atoms with E-state index in [1.807, 2.05) is 19.1 Å². The monoisotopic (exact) mass is 315 g/mol. The molecule has 1 heterocycles. The molecule has 0 bridgehead atoms. The molecule has 1 N–H and O–H groups in total. The lowest BCUT2D eigenvalue weighted by atomic mass is 10.0. The Bertz CT molecular complexity index is 418. The van der Waals surface area contributed by atoms with Crippen molar-refractivity contribution in [3.05, 3.63) is 34.1 Å². The number of halogens is 2. The average molecular weight is 316 g/mol. The molecule has 18 heavy (non-hydrogen) atoms. The average Bonchev–Trinajstić information content (AvgIpc) is 2.74. The predicted molar refractivity (Wildman–Crippen MR) is 74.1 cm³/mol. The fraction of sp³-hybridized carbons (Fsp3) is 0.571. The van der Waals surface area contributed by atoms with E-state index in [2.05, 4.69) is 28.2 Å². The number of hydrogen-bond donors (Lipinski definition) is 1. The smallest absolute Gasteiger partial charge is 0.129 e. The summed E-state index contributed by atoms with van der Waals surface area (Å²) >= 11 is 3.27. The molecule has 0 radical (unpaired) electrons. The molecule has 0 aromatic heterocycles. The lowest BCUT2D eigenvalue weighted by molar-refractivity contribution is 0.0190. The van der Waals surface area contributed by atoms with Crippen molar-refractivity contribution in [2.45, 2.75) is 38.3 Å². The van der Waals surface area contributed by atoms with Crippen LogP contribution in [-0.2, 0) is 4.74 Å². The molecule has 1 aromatic rings. The van der Waals surface area contributed by atoms with Crippen LogP contribution in [0.2, 0.25) is 0 Å². The largest absolute Gasteiger partial charge is 0.374 e. The molecule has 1 aliphatic rings. The van der Waals surface area contributed by atoms with E-state index in [1.54, 1.807) is 0 Å². The van der Waals surface area contributed by atoms with Crippen LogP contribution in [-0.4, -0.2) is 18.8 Å². The highest BCUT2D eigenvalue weighted by molar-refractivity contribution is 9.10. The van der Waals surface area contributed by atoms with Gasteiger partial charge in [-0.3, -0.25) is 0 Å². The summed E-state index contributed by atoms with van der Waals surface area (Å²) in [5, 5.41) is 3.36. The van der Waals surface area contributed by atoms with Crippen molar-refractivity contribution in [3.8, 4) is 0 Å². The maximum absolute atomic E-state index is 13.8. The quantitative estimate of drug-likeness (QED) is 0.912. The summed E-state index contributed by atoms with van der Waals surface area (Å²) < 4.78 is 20.3. The Hall–Kier alpha value is -0.450. The van der Waals surface area contributed by atoms with Crippen LogP contribution in [0.15, 0.2) is 22.7 Å². The van der Waals surface area contributed by atoms with E-state index in [0.29, 0.717) is 5.56 Å². The summed E-state index contributed by atoms with van der Waals surface area (Å²) in [5.74, 6) is -0.179. The first-order valence-corrected chi connectivity index (χ1v) is 7.12. The van der Waals surface area contributed by atoms with E-state index >= 15 is 0 Å². The lowest BCUT2D eigenvalue weighted by Crippen LogP contribution is -2.38. The molecule has 0 amide bonds. The van der Waals surface area contributed by atoms with Crippen molar-refractivity contribution >= 4 is 15.9 Å². The minimum absolute atomic E-state index is 0.0147. The van der Waals surface area contributed by atoms with Crippen molar-refractivity contribution in [3.63, 3.8) is 0 Å². The SMILES string of the molecule is CC(NCC1(C)CCCO1)c1ccc(Br)cc1F. The number of hydrogen-bond acceptors (Lipinski definition) is 2. The van der Waals surface area contributed by atoms with Gasteiger partial charge in [-0.05, 0) is 38.8 Å². The molecule has 1 fully saturated rings. The maximum Gasteiger partial charge on any atom is 0.129 e. The van der Waals surface area contributed by atoms with Crippen LogP contribution < -0.4 is 5.32 Å². The van der Waals surface area contributed by atoms with Crippen molar-refractivity contribution < 1.29 is 9.13 Å². The second kappa shape index (κ2) is 5.68. The highest BCUT2D eigenvalue weighted by atomic mass is 79.9. The molecule has 1 aromatic carbocycles. The predicted octanol–water partition coefficient (Wildman–Crippen LogP) is 3.81. The molecule has 100 valence electrons.